The fraction of sp³-hybridized carbons (Fsp3) is 0.200. The van der Waals surface area contributed by atoms with Gasteiger partial charge in [-0.25, -0.2) is 9.18 Å². The first kappa shape index (κ1) is 15.2. The van der Waals surface area contributed by atoms with Crippen molar-refractivity contribution < 1.29 is 18.7 Å². The minimum Gasteiger partial charge on any atom is -0.448 e. The van der Waals surface area contributed by atoms with Crippen molar-refractivity contribution in [3.8, 4) is 0 Å². The van der Waals surface area contributed by atoms with Gasteiger partial charge in [-0.2, -0.15) is 0 Å². The van der Waals surface area contributed by atoms with Crippen molar-refractivity contribution in [2.45, 2.75) is 20.0 Å². The van der Waals surface area contributed by atoms with Crippen molar-refractivity contribution in [3.63, 3.8) is 0 Å². The molecule has 0 unspecified atom stereocenters. The smallest absolute Gasteiger partial charge is 0.349 e. The largest absolute Gasteiger partial charge is 0.448 e. The number of nitrogens with one attached hydrogen (secondary N) is 1. The topological polar surface area (TPSA) is 55.4 Å². The Morgan fingerprint density at radius 3 is 2.57 bits per heavy atom. The second-order valence-electron chi connectivity index (χ2n) is 4.43. The summed E-state index contributed by atoms with van der Waals surface area (Å²) in [6.45, 7) is 3.31. The highest BCUT2D eigenvalue weighted by Gasteiger charge is 2.20. The number of amides is 1. The van der Waals surface area contributed by atoms with Gasteiger partial charge in [-0.05, 0) is 38.1 Å². The van der Waals surface area contributed by atoms with E-state index in [1.807, 2.05) is 6.92 Å². The van der Waals surface area contributed by atoms with E-state index in [0.29, 0.717) is 4.88 Å². The number of esters is 1. The molecule has 1 heterocycles. The Hall–Kier alpha value is -2.21. The predicted molar refractivity (Wildman–Crippen MR) is 79.0 cm³/mol. The molecule has 0 aliphatic carbocycles. The number of anilines is 1. The summed E-state index contributed by atoms with van der Waals surface area (Å²) < 4.78 is 18.5. The van der Waals surface area contributed by atoms with E-state index in [0.717, 1.165) is 4.88 Å². The number of carbonyl (C=O) groups excluding carboxylic acids is 2. The number of para-hydroxylation sites is 1. The first-order chi connectivity index (χ1) is 9.97. The molecule has 1 N–H and O–H groups in total. The quantitative estimate of drug-likeness (QED) is 0.881. The molecule has 6 heteroatoms. The first-order valence-corrected chi connectivity index (χ1v) is 7.12. The van der Waals surface area contributed by atoms with E-state index in [1.54, 1.807) is 18.2 Å². The maximum atomic E-state index is 13.4. The van der Waals surface area contributed by atoms with E-state index in [2.05, 4.69) is 5.32 Å². The van der Waals surface area contributed by atoms with Crippen LogP contribution >= 0.6 is 11.3 Å². The number of halogens is 1. The van der Waals surface area contributed by atoms with Crippen molar-refractivity contribution in [1.82, 2.24) is 0 Å². The van der Waals surface area contributed by atoms with Gasteiger partial charge in [0.05, 0.1) is 5.69 Å². The summed E-state index contributed by atoms with van der Waals surface area (Å²) in [4.78, 5) is 25.1. The van der Waals surface area contributed by atoms with E-state index in [1.165, 1.54) is 36.5 Å². The summed E-state index contributed by atoms with van der Waals surface area (Å²) in [5.74, 6) is -1.69. The van der Waals surface area contributed by atoms with Gasteiger partial charge < -0.3 is 10.1 Å². The maximum Gasteiger partial charge on any atom is 0.349 e. The van der Waals surface area contributed by atoms with Crippen LogP contribution in [0.25, 0.3) is 0 Å². The number of aryl methyl sites for hydroxylation is 1. The van der Waals surface area contributed by atoms with E-state index >= 15 is 0 Å². The fourth-order valence-electron chi connectivity index (χ4n) is 1.61. The molecule has 0 radical (unpaired) electrons. The number of hydrogen-bond donors (Lipinski definition) is 1. The second kappa shape index (κ2) is 6.49. The highest BCUT2D eigenvalue weighted by molar-refractivity contribution is 7.13. The van der Waals surface area contributed by atoms with Gasteiger partial charge in [0.1, 0.15) is 10.7 Å². The molecule has 1 aromatic heterocycles. The van der Waals surface area contributed by atoms with Crippen LogP contribution in [-0.4, -0.2) is 18.0 Å². The molecule has 4 nitrogen and oxygen atoms in total. The van der Waals surface area contributed by atoms with Crippen LogP contribution in [-0.2, 0) is 9.53 Å². The summed E-state index contributed by atoms with van der Waals surface area (Å²) >= 11 is 1.29. The molecule has 21 heavy (non-hydrogen) atoms. The summed E-state index contributed by atoms with van der Waals surface area (Å²) in [7, 11) is 0. The number of rotatable bonds is 4. The van der Waals surface area contributed by atoms with Crippen molar-refractivity contribution in [1.29, 1.82) is 0 Å². The van der Waals surface area contributed by atoms with Crippen LogP contribution in [0.4, 0.5) is 10.1 Å². The molecule has 2 rings (SSSR count). The van der Waals surface area contributed by atoms with Gasteiger partial charge >= 0.3 is 5.97 Å². The van der Waals surface area contributed by atoms with Gasteiger partial charge in [-0.15, -0.1) is 11.3 Å². The van der Waals surface area contributed by atoms with Gasteiger partial charge in [0.25, 0.3) is 5.91 Å². The van der Waals surface area contributed by atoms with Gasteiger partial charge in [0, 0.05) is 4.88 Å². The predicted octanol–water partition coefficient (Wildman–Crippen LogP) is 3.38. The van der Waals surface area contributed by atoms with Crippen LogP contribution in [0.2, 0.25) is 0 Å². The van der Waals surface area contributed by atoms with Gasteiger partial charge in [0.15, 0.2) is 6.10 Å². The van der Waals surface area contributed by atoms with Crippen molar-refractivity contribution in [2.75, 3.05) is 5.32 Å². The van der Waals surface area contributed by atoms with Gasteiger partial charge in [0.2, 0.25) is 0 Å². The van der Waals surface area contributed by atoms with Crippen molar-refractivity contribution in [2.24, 2.45) is 0 Å². The zero-order valence-electron chi connectivity index (χ0n) is 11.6. The summed E-state index contributed by atoms with van der Waals surface area (Å²) in [6.07, 6.45) is -1.01. The molecule has 1 amide bonds. The van der Waals surface area contributed by atoms with Crippen LogP contribution < -0.4 is 5.32 Å². The second-order valence-corrected chi connectivity index (χ2v) is 5.71. The average Bonchev–Trinajstić information content (AvgIpc) is 2.88. The number of thiophene rings is 1. The number of benzene rings is 1. The SMILES string of the molecule is Cc1ccc(C(=O)O[C@@H](C)C(=O)Nc2ccccc2F)s1. The lowest BCUT2D eigenvalue weighted by molar-refractivity contribution is -0.123. The molecule has 0 aliphatic heterocycles. The molecule has 0 aliphatic rings. The molecule has 1 atom stereocenters. The van der Waals surface area contributed by atoms with Gasteiger partial charge in [-0.3, -0.25) is 4.79 Å². The van der Waals surface area contributed by atoms with E-state index in [9.17, 15) is 14.0 Å². The lowest BCUT2D eigenvalue weighted by Gasteiger charge is -2.13. The van der Waals surface area contributed by atoms with Crippen LogP contribution in [0.1, 0.15) is 21.5 Å². The zero-order chi connectivity index (χ0) is 15.4. The molecular formula is C15H14FNO3S. The summed E-state index contributed by atoms with van der Waals surface area (Å²) in [5, 5.41) is 2.38. The monoisotopic (exact) mass is 307 g/mol. The molecule has 0 saturated carbocycles. The average molecular weight is 307 g/mol. The van der Waals surface area contributed by atoms with Crippen LogP contribution in [0.3, 0.4) is 0 Å². The zero-order valence-corrected chi connectivity index (χ0v) is 12.4. The first-order valence-electron chi connectivity index (χ1n) is 6.30. The van der Waals surface area contributed by atoms with Crippen LogP contribution in [0.15, 0.2) is 36.4 Å². The van der Waals surface area contributed by atoms with Crippen molar-refractivity contribution in [3.05, 3.63) is 52.0 Å². The molecule has 0 saturated heterocycles. The molecule has 110 valence electrons. The Morgan fingerprint density at radius 1 is 1.24 bits per heavy atom. The standard InChI is InChI=1S/C15H14FNO3S/c1-9-7-8-13(21-9)15(19)20-10(2)14(18)17-12-6-4-3-5-11(12)16/h3-8,10H,1-2H3,(H,17,18)/t10-/m0/s1. The third kappa shape index (κ3) is 3.88. The molecule has 0 spiro atoms. The highest BCUT2D eigenvalue weighted by Crippen LogP contribution is 2.17. The Labute approximate surface area is 125 Å². The lowest BCUT2D eigenvalue weighted by atomic mass is 10.3. The fourth-order valence-corrected chi connectivity index (χ4v) is 2.36. The van der Waals surface area contributed by atoms with Crippen LogP contribution in [0.5, 0.6) is 0 Å². The highest BCUT2D eigenvalue weighted by atomic mass is 32.1. The Morgan fingerprint density at radius 2 is 1.95 bits per heavy atom. The number of hydrogen-bond acceptors (Lipinski definition) is 4. The van der Waals surface area contributed by atoms with Crippen LogP contribution in [0, 0.1) is 12.7 Å². The lowest BCUT2D eigenvalue weighted by Crippen LogP contribution is -2.30. The maximum absolute atomic E-state index is 13.4. The molecule has 1 aromatic carbocycles. The van der Waals surface area contributed by atoms with E-state index in [4.69, 9.17) is 4.74 Å². The third-order valence-electron chi connectivity index (χ3n) is 2.73. The summed E-state index contributed by atoms with van der Waals surface area (Å²) in [5.41, 5.74) is 0.0531. The molecule has 0 fully saturated rings. The Kier molecular flexibility index (Phi) is 4.70. The molecular weight excluding hydrogens is 293 g/mol. The molecule has 0 bridgehead atoms. The number of ether oxygens (including phenoxy) is 1. The van der Waals surface area contributed by atoms with Crippen molar-refractivity contribution >= 4 is 28.9 Å². The third-order valence-corrected chi connectivity index (χ3v) is 3.71. The normalized spacial score (nSPS) is 11.8. The van der Waals surface area contributed by atoms with E-state index < -0.39 is 23.8 Å². The Balaban J connectivity index is 1.97. The Bertz CT molecular complexity index is 668. The summed E-state index contributed by atoms with van der Waals surface area (Å²) in [6, 6.07) is 9.23. The van der Waals surface area contributed by atoms with Gasteiger partial charge in [-0.1, -0.05) is 12.1 Å². The minimum absolute atomic E-state index is 0.0531. The minimum atomic E-state index is -1.01. The van der Waals surface area contributed by atoms with E-state index in [-0.39, 0.29) is 5.69 Å². The number of carbonyl (C=O) groups is 2. The molecule has 2 aromatic rings.